The van der Waals surface area contributed by atoms with Gasteiger partial charge in [0, 0.05) is 62.5 Å². The van der Waals surface area contributed by atoms with Crippen LogP contribution in [0.1, 0.15) is 28.0 Å². The molecular formula is C21H25N5O2S. The molecule has 0 atom stereocenters. The number of hydrogen-bond acceptors (Lipinski definition) is 6. The summed E-state index contributed by atoms with van der Waals surface area (Å²) >= 11 is 1.55. The first-order chi connectivity index (χ1) is 14.2. The van der Waals surface area contributed by atoms with E-state index in [1.165, 1.54) is 5.56 Å². The maximum atomic E-state index is 12.9. The molecule has 1 fully saturated rings. The first-order valence-electron chi connectivity index (χ1n) is 9.76. The van der Waals surface area contributed by atoms with Gasteiger partial charge in [-0.25, -0.2) is 4.98 Å². The highest BCUT2D eigenvalue weighted by molar-refractivity contribution is 7.07. The minimum absolute atomic E-state index is 0.0827. The van der Waals surface area contributed by atoms with Crippen LogP contribution in [0.25, 0.3) is 0 Å². The number of nitrogens with zero attached hydrogens (tertiary/aromatic N) is 5. The highest BCUT2D eigenvalue weighted by atomic mass is 32.1. The van der Waals surface area contributed by atoms with Gasteiger partial charge in [0.15, 0.2) is 0 Å². The van der Waals surface area contributed by atoms with Crippen molar-refractivity contribution in [3.05, 3.63) is 64.4 Å². The number of carbonyl (C=O) groups excluding carboxylic acids is 1. The van der Waals surface area contributed by atoms with Crippen LogP contribution < -0.4 is 4.74 Å². The van der Waals surface area contributed by atoms with Gasteiger partial charge in [-0.05, 0) is 30.7 Å². The molecule has 4 rings (SSSR count). The topological polar surface area (TPSA) is 63.5 Å². The highest BCUT2D eigenvalue weighted by Crippen LogP contribution is 2.17. The number of aryl methyl sites for hydroxylation is 1. The SMILES string of the molecule is Cn1cc(CN2CCCN(C(=O)c3ccc(OCc4cscn4)cc3)CC2)cn1. The number of rotatable bonds is 6. The second-order valence-corrected chi connectivity index (χ2v) is 7.96. The molecule has 1 amide bonds. The van der Waals surface area contributed by atoms with Crippen LogP contribution in [0.15, 0.2) is 47.5 Å². The number of carbonyl (C=O) groups is 1. The van der Waals surface area contributed by atoms with Gasteiger partial charge in [0.25, 0.3) is 5.91 Å². The number of ether oxygens (including phenoxy) is 1. The molecule has 8 heteroatoms. The fourth-order valence-corrected chi connectivity index (χ4v) is 4.03. The Morgan fingerprint density at radius 2 is 2.03 bits per heavy atom. The van der Waals surface area contributed by atoms with Gasteiger partial charge >= 0.3 is 0 Å². The van der Waals surface area contributed by atoms with E-state index in [-0.39, 0.29) is 5.91 Å². The summed E-state index contributed by atoms with van der Waals surface area (Å²) in [4.78, 5) is 21.5. The van der Waals surface area contributed by atoms with Crippen LogP contribution in [-0.4, -0.2) is 56.7 Å². The van der Waals surface area contributed by atoms with Gasteiger partial charge in [0.2, 0.25) is 0 Å². The molecule has 3 aromatic rings. The molecule has 2 aromatic heterocycles. The maximum Gasteiger partial charge on any atom is 0.253 e. The van der Waals surface area contributed by atoms with Crippen molar-refractivity contribution in [1.82, 2.24) is 24.6 Å². The van der Waals surface area contributed by atoms with E-state index in [0.29, 0.717) is 12.2 Å². The quantitative estimate of drug-likeness (QED) is 0.624. The van der Waals surface area contributed by atoms with Crippen LogP contribution in [0.2, 0.25) is 0 Å². The molecule has 29 heavy (non-hydrogen) atoms. The van der Waals surface area contributed by atoms with Crippen LogP contribution in [0, 0.1) is 0 Å². The zero-order valence-electron chi connectivity index (χ0n) is 16.5. The maximum absolute atomic E-state index is 12.9. The van der Waals surface area contributed by atoms with E-state index < -0.39 is 0 Å². The standard InChI is InChI=1S/C21H25N5O2S/c1-24-12-17(11-23-24)13-25-7-2-8-26(10-9-25)21(27)18-3-5-20(6-4-18)28-14-19-15-29-16-22-19/h3-6,11-12,15-16H,2,7-10,13-14H2,1H3. The van der Waals surface area contributed by atoms with Crippen molar-refractivity contribution in [2.75, 3.05) is 26.2 Å². The van der Waals surface area contributed by atoms with E-state index >= 15 is 0 Å². The second kappa shape index (κ2) is 9.19. The molecule has 0 saturated carbocycles. The second-order valence-electron chi connectivity index (χ2n) is 7.24. The van der Waals surface area contributed by atoms with Crippen molar-refractivity contribution in [3.8, 4) is 5.75 Å². The number of aromatic nitrogens is 3. The Morgan fingerprint density at radius 1 is 1.17 bits per heavy atom. The van der Waals surface area contributed by atoms with E-state index in [0.717, 1.165) is 50.6 Å². The lowest BCUT2D eigenvalue weighted by atomic mass is 10.2. The predicted octanol–water partition coefficient (Wildman–Crippen LogP) is 2.80. The monoisotopic (exact) mass is 411 g/mol. The third-order valence-electron chi connectivity index (χ3n) is 5.01. The molecule has 1 aliphatic heterocycles. The highest BCUT2D eigenvalue weighted by Gasteiger charge is 2.20. The summed E-state index contributed by atoms with van der Waals surface area (Å²) in [5, 5.41) is 6.20. The molecule has 1 saturated heterocycles. The molecule has 1 aromatic carbocycles. The largest absolute Gasteiger partial charge is 0.487 e. The Labute approximate surface area is 174 Å². The van der Waals surface area contributed by atoms with Gasteiger partial charge in [0.1, 0.15) is 12.4 Å². The Hall–Kier alpha value is -2.71. The Balaban J connectivity index is 1.30. The van der Waals surface area contributed by atoms with Crippen LogP contribution in [-0.2, 0) is 20.2 Å². The summed E-state index contributed by atoms with van der Waals surface area (Å²) in [5.74, 6) is 0.826. The molecule has 0 radical (unpaired) electrons. The van der Waals surface area contributed by atoms with Crippen molar-refractivity contribution in [1.29, 1.82) is 0 Å². The van der Waals surface area contributed by atoms with Gasteiger partial charge in [-0.1, -0.05) is 0 Å². The van der Waals surface area contributed by atoms with Crippen molar-refractivity contribution < 1.29 is 9.53 Å². The number of benzene rings is 1. The first kappa shape index (κ1) is 19.6. The lowest BCUT2D eigenvalue weighted by molar-refractivity contribution is 0.0761. The third-order valence-corrected chi connectivity index (χ3v) is 5.65. The lowest BCUT2D eigenvalue weighted by Crippen LogP contribution is -2.35. The molecule has 0 bridgehead atoms. The Bertz CT molecular complexity index is 923. The molecule has 0 N–H and O–H groups in total. The molecule has 1 aliphatic rings. The first-order valence-corrected chi connectivity index (χ1v) is 10.7. The molecular weight excluding hydrogens is 386 g/mol. The normalized spacial score (nSPS) is 15.3. The number of hydrogen-bond donors (Lipinski definition) is 0. The summed E-state index contributed by atoms with van der Waals surface area (Å²) in [6.45, 7) is 4.69. The molecule has 0 unspecified atom stereocenters. The minimum atomic E-state index is 0.0827. The lowest BCUT2D eigenvalue weighted by Gasteiger charge is -2.22. The van der Waals surface area contributed by atoms with Crippen LogP contribution in [0.4, 0.5) is 0 Å². The van der Waals surface area contributed by atoms with Crippen molar-refractivity contribution >= 4 is 17.2 Å². The zero-order chi connectivity index (χ0) is 20.1. The third kappa shape index (κ3) is 5.21. The van der Waals surface area contributed by atoms with Crippen LogP contribution >= 0.6 is 11.3 Å². The summed E-state index contributed by atoms with van der Waals surface area (Å²) in [6.07, 6.45) is 4.93. The Morgan fingerprint density at radius 3 is 2.76 bits per heavy atom. The van der Waals surface area contributed by atoms with Crippen LogP contribution in [0.3, 0.4) is 0 Å². The average Bonchev–Trinajstić information content (AvgIpc) is 3.34. The van der Waals surface area contributed by atoms with Gasteiger partial charge in [-0.3, -0.25) is 14.4 Å². The summed E-state index contributed by atoms with van der Waals surface area (Å²) in [6, 6.07) is 7.40. The molecule has 7 nitrogen and oxygen atoms in total. The van der Waals surface area contributed by atoms with Crippen molar-refractivity contribution in [3.63, 3.8) is 0 Å². The summed E-state index contributed by atoms with van der Waals surface area (Å²) < 4.78 is 7.56. The number of amides is 1. The van der Waals surface area contributed by atoms with E-state index in [1.54, 1.807) is 16.8 Å². The van der Waals surface area contributed by atoms with Gasteiger partial charge in [0.05, 0.1) is 17.4 Å². The zero-order valence-corrected chi connectivity index (χ0v) is 17.3. The summed E-state index contributed by atoms with van der Waals surface area (Å²) in [5.41, 5.74) is 4.61. The van der Waals surface area contributed by atoms with E-state index in [9.17, 15) is 4.79 Å². The average molecular weight is 412 g/mol. The summed E-state index contributed by atoms with van der Waals surface area (Å²) in [7, 11) is 1.93. The van der Waals surface area contributed by atoms with E-state index in [4.69, 9.17) is 4.74 Å². The van der Waals surface area contributed by atoms with Crippen molar-refractivity contribution in [2.45, 2.75) is 19.6 Å². The Kier molecular flexibility index (Phi) is 6.21. The molecule has 0 aliphatic carbocycles. The number of thiazole rings is 1. The van der Waals surface area contributed by atoms with E-state index in [2.05, 4.69) is 15.0 Å². The van der Waals surface area contributed by atoms with Crippen molar-refractivity contribution in [2.24, 2.45) is 7.05 Å². The van der Waals surface area contributed by atoms with Gasteiger partial charge in [-0.2, -0.15) is 5.10 Å². The molecule has 152 valence electrons. The minimum Gasteiger partial charge on any atom is -0.487 e. The van der Waals surface area contributed by atoms with Gasteiger partial charge < -0.3 is 9.64 Å². The fourth-order valence-electron chi connectivity index (χ4n) is 3.49. The molecule has 3 heterocycles. The fraction of sp³-hybridized carbons (Fsp3) is 0.381. The van der Waals surface area contributed by atoms with E-state index in [1.807, 2.05) is 58.7 Å². The smallest absolute Gasteiger partial charge is 0.253 e. The molecule has 0 spiro atoms. The van der Waals surface area contributed by atoms with Crippen LogP contribution in [0.5, 0.6) is 5.75 Å². The van der Waals surface area contributed by atoms with Gasteiger partial charge in [-0.15, -0.1) is 11.3 Å². The predicted molar refractivity (Wildman–Crippen MR) is 112 cm³/mol.